The number of nitrogens with zero attached hydrogens (tertiary/aromatic N) is 1. The van der Waals surface area contributed by atoms with Gasteiger partial charge < -0.3 is 14.3 Å². The summed E-state index contributed by atoms with van der Waals surface area (Å²) < 4.78 is 10.7. The number of fused-ring (bicyclic) bond motifs is 1. The molecule has 1 aliphatic heterocycles. The van der Waals surface area contributed by atoms with E-state index < -0.39 is 17.2 Å². The molecule has 1 amide bonds. The maximum atomic E-state index is 12.6. The summed E-state index contributed by atoms with van der Waals surface area (Å²) in [5, 5.41) is 0. The first-order chi connectivity index (χ1) is 11.6. The molecule has 1 aliphatic rings. The number of amides is 1. The van der Waals surface area contributed by atoms with Gasteiger partial charge in [0.15, 0.2) is 0 Å². The molecule has 136 valence electrons. The Bertz CT molecular complexity index is 692. The number of aldehydes is 1. The Labute approximate surface area is 148 Å². The summed E-state index contributed by atoms with van der Waals surface area (Å²) in [6, 6.07) is 5.01. The van der Waals surface area contributed by atoms with Crippen molar-refractivity contribution < 1.29 is 23.9 Å². The predicted molar refractivity (Wildman–Crippen MR) is 93.9 cm³/mol. The molecule has 0 aromatic heterocycles. The number of ether oxygens (including phenoxy) is 2. The van der Waals surface area contributed by atoms with Gasteiger partial charge in [-0.3, -0.25) is 9.69 Å². The lowest BCUT2D eigenvalue weighted by Crippen LogP contribution is -2.50. The molecule has 6 heteroatoms. The minimum Gasteiger partial charge on any atom is -0.443 e. The third-order valence-electron chi connectivity index (χ3n) is 3.87. The lowest BCUT2D eigenvalue weighted by molar-refractivity contribution is -0.134. The molecule has 1 heterocycles. The van der Waals surface area contributed by atoms with Crippen LogP contribution in [0.2, 0.25) is 0 Å². The molecule has 1 unspecified atom stereocenters. The highest BCUT2D eigenvalue weighted by atomic mass is 16.6. The van der Waals surface area contributed by atoms with E-state index in [-0.39, 0.29) is 5.97 Å². The molecule has 25 heavy (non-hydrogen) atoms. The summed E-state index contributed by atoms with van der Waals surface area (Å²) in [6.07, 6.45) is 1.56. The van der Waals surface area contributed by atoms with E-state index in [4.69, 9.17) is 9.47 Å². The predicted octanol–water partition coefficient (Wildman–Crippen LogP) is 3.65. The lowest BCUT2D eigenvalue weighted by atomic mass is 9.99. The summed E-state index contributed by atoms with van der Waals surface area (Å²) in [4.78, 5) is 37.3. The van der Waals surface area contributed by atoms with Crippen molar-refractivity contribution in [3.05, 3.63) is 23.8 Å². The molecule has 0 aliphatic carbocycles. The molecule has 6 nitrogen and oxygen atoms in total. The Hall–Kier alpha value is -2.37. The summed E-state index contributed by atoms with van der Waals surface area (Å²) in [6.45, 7) is 8.91. The number of hydrogen-bond donors (Lipinski definition) is 0. The second-order valence-corrected chi connectivity index (χ2v) is 7.48. The van der Waals surface area contributed by atoms with Crippen LogP contribution in [0.1, 0.15) is 53.0 Å². The van der Waals surface area contributed by atoms with Crippen LogP contribution in [0.15, 0.2) is 18.2 Å². The largest absolute Gasteiger partial charge is 0.443 e. The van der Waals surface area contributed by atoms with Crippen LogP contribution in [0.25, 0.3) is 0 Å². The van der Waals surface area contributed by atoms with E-state index in [1.165, 1.54) is 4.90 Å². The van der Waals surface area contributed by atoms with Crippen LogP contribution in [-0.2, 0) is 20.7 Å². The third-order valence-corrected chi connectivity index (χ3v) is 3.87. The molecule has 0 saturated heterocycles. The summed E-state index contributed by atoms with van der Waals surface area (Å²) in [5.41, 5.74) is -0.336. The molecule has 0 bridgehead atoms. The van der Waals surface area contributed by atoms with Gasteiger partial charge in [-0.25, -0.2) is 4.79 Å². The smallest absolute Gasteiger partial charge is 0.415 e. The minimum absolute atomic E-state index is 0.303. The standard InChI is InChI=1S/C19H25NO5/c1-6-7-16(22)24-14-8-9-15-13(10-14)11-19(5,12-21)20(15)17(23)25-18(2,3)4/h8-10,12H,6-7,11H2,1-5H3. The van der Waals surface area contributed by atoms with E-state index >= 15 is 0 Å². The number of rotatable bonds is 4. The van der Waals surface area contributed by atoms with Crippen LogP contribution >= 0.6 is 0 Å². The second-order valence-electron chi connectivity index (χ2n) is 7.48. The van der Waals surface area contributed by atoms with E-state index in [1.54, 1.807) is 45.9 Å². The quantitative estimate of drug-likeness (QED) is 0.472. The van der Waals surface area contributed by atoms with Crippen LogP contribution in [0.4, 0.5) is 10.5 Å². The van der Waals surface area contributed by atoms with Gasteiger partial charge in [-0.1, -0.05) is 6.92 Å². The zero-order valence-corrected chi connectivity index (χ0v) is 15.4. The first-order valence-corrected chi connectivity index (χ1v) is 8.43. The maximum Gasteiger partial charge on any atom is 0.415 e. The van der Waals surface area contributed by atoms with Crippen molar-refractivity contribution in [1.82, 2.24) is 0 Å². The van der Waals surface area contributed by atoms with Crippen molar-refractivity contribution in [1.29, 1.82) is 0 Å². The maximum absolute atomic E-state index is 12.6. The number of hydrogen-bond acceptors (Lipinski definition) is 5. The highest BCUT2D eigenvalue weighted by molar-refractivity contribution is 5.98. The minimum atomic E-state index is -1.03. The van der Waals surface area contributed by atoms with Gasteiger partial charge in [0.2, 0.25) is 0 Å². The van der Waals surface area contributed by atoms with Gasteiger partial charge in [0, 0.05) is 12.8 Å². The van der Waals surface area contributed by atoms with E-state index in [1.807, 2.05) is 6.92 Å². The number of anilines is 1. The van der Waals surface area contributed by atoms with Crippen molar-refractivity contribution in [2.45, 2.75) is 65.0 Å². The molecule has 1 aromatic carbocycles. The Morgan fingerprint density at radius 3 is 2.56 bits per heavy atom. The number of benzene rings is 1. The Morgan fingerprint density at radius 1 is 1.32 bits per heavy atom. The molecule has 0 fully saturated rings. The van der Waals surface area contributed by atoms with Crippen LogP contribution in [0.3, 0.4) is 0 Å². The third kappa shape index (κ3) is 4.18. The molecule has 0 radical (unpaired) electrons. The first kappa shape index (κ1) is 19.0. The molecular weight excluding hydrogens is 322 g/mol. The van der Waals surface area contributed by atoms with Crippen molar-refractivity contribution in [2.75, 3.05) is 4.90 Å². The van der Waals surface area contributed by atoms with Crippen LogP contribution in [-0.4, -0.2) is 29.5 Å². The summed E-state index contributed by atoms with van der Waals surface area (Å²) in [7, 11) is 0. The number of esters is 1. The van der Waals surface area contributed by atoms with Gasteiger partial charge in [0.05, 0.1) is 5.69 Å². The molecule has 1 aromatic rings. The van der Waals surface area contributed by atoms with Crippen molar-refractivity contribution in [3.63, 3.8) is 0 Å². The topological polar surface area (TPSA) is 72.9 Å². The summed E-state index contributed by atoms with van der Waals surface area (Å²) >= 11 is 0. The van der Waals surface area contributed by atoms with Crippen molar-refractivity contribution >= 4 is 24.0 Å². The Balaban J connectivity index is 2.33. The van der Waals surface area contributed by atoms with Gasteiger partial charge in [-0.2, -0.15) is 0 Å². The van der Waals surface area contributed by atoms with E-state index in [2.05, 4.69) is 0 Å². The molecular formula is C19H25NO5. The molecule has 1 atom stereocenters. The Morgan fingerprint density at radius 2 is 2.00 bits per heavy atom. The molecule has 0 saturated carbocycles. The normalized spacial score (nSPS) is 19.3. The fraction of sp³-hybridized carbons (Fsp3) is 0.526. The van der Waals surface area contributed by atoms with Gasteiger partial charge in [0.1, 0.15) is 23.2 Å². The molecule has 0 spiro atoms. The summed E-state index contributed by atoms with van der Waals surface area (Å²) in [5.74, 6) is 0.110. The van der Waals surface area contributed by atoms with Crippen molar-refractivity contribution in [3.8, 4) is 5.75 Å². The zero-order chi connectivity index (χ0) is 18.8. The van der Waals surface area contributed by atoms with E-state index in [0.29, 0.717) is 30.7 Å². The van der Waals surface area contributed by atoms with Gasteiger partial charge in [-0.15, -0.1) is 0 Å². The second kappa shape index (κ2) is 6.86. The van der Waals surface area contributed by atoms with E-state index in [9.17, 15) is 14.4 Å². The van der Waals surface area contributed by atoms with Crippen LogP contribution in [0, 0.1) is 0 Å². The fourth-order valence-electron chi connectivity index (χ4n) is 2.82. The Kier molecular flexibility index (Phi) is 5.20. The van der Waals surface area contributed by atoms with Gasteiger partial charge in [-0.05, 0) is 57.9 Å². The monoisotopic (exact) mass is 347 g/mol. The van der Waals surface area contributed by atoms with Crippen LogP contribution < -0.4 is 9.64 Å². The number of carbonyl (C=O) groups is 3. The fourth-order valence-corrected chi connectivity index (χ4v) is 2.82. The van der Waals surface area contributed by atoms with E-state index in [0.717, 1.165) is 11.8 Å². The highest BCUT2D eigenvalue weighted by Crippen LogP contribution is 2.40. The first-order valence-electron chi connectivity index (χ1n) is 8.43. The average molecular weight is 347 g/mol. The van der Waals surface area contributed by atoms with Crippen LogP contribution in [0.5, 0.6) is 5.75 Å². The van der Waals surface area contributed by atoms with Crippen molar-refractivity contribution in [2.24, 2.45) is 0 Å². The lowest BCUT2D eigenvalue weighted by Gasteiger charge is -2.32. The number of carbonyl (C=O) groups excluding carboxylic acids is 3. The highest BCUT2D eigenvalue weighted by Gasteiger charge is 2.45. The molecule has 2 rings (SSSR count). The SMILES string of the molecule is CCCC(=O)Oc1ccc2c(c1)CC(C)(C=O)N2C(=O)OC(C)(C)C. The molecule has 0 N–H and O–H groups in total. The average Bonchev–Trinajstić information content (AvgIpc) is 2.77. The van der Waals surface area contributed by atoms with Gasteiger partial charge in [0.25, 0.3) is 0 Å². The van der Waals surface area contributed by atoms with Gasteiger partial charge >= 0.3 is 12.1 Å². The zero-order valence-electron chi connectivity index (χ0n) is 15.4.